The van der Waals surface area contributed by atoms with E-state index < -0.39 is 5.54 Å². The molecule has 0 aliphatic heterocycles. The quantitative estimate of drug-likeness (QED) is 0.748. The van der Waals surface area contributed by atoms with Crippen molar-refractivity contribution in [3.05, 3.63) is 35.9 Å². The molecule has 4 heteroatoms. The Balaban J connectivity index is 3.04. The van der Waals surface area contributed by atoms with Crippen molar-refractivity contribution in [3.8, 4) is 0 Å². The van der Waals surface area contributed by atoms with E-state index in [2.05, 4.69) is 19.2 Å². The van der Waals surface area contributed by atoms with Gasteiger partial charge in [-0.3, -0.25) is 5.32 Å². The molecule has 3 nitrogen and oxygen atoms in total. The van der Waals surface area contributed by atoms with Crippen LogP contribution < -0.4 is 5.32 Å². The fraction of sp³-hybridized carbons (Fsp3) is 0.562. The summed E-state index contributed by atoms with van der Waals surface area (Å²) in [7, 11) is 1.45. The van der Waals surface area contributed by atoms with Gasteiger partial charge in [-0.2, -0.15) is 11.8 Å². The van der Waals surface area contributed by atoms with Crippen LogP contribution in [0.1, 0.15) is 26.3 Å². The molecular formula is C16H25NO2S. The monoisotopic (exact) mass is 295 g/mol. The number of methoxy groups -OCH3 is 1. The molecule has 0 amide bonds. The van der Waals surface area contributed by atoms with E-state index in [4.69, 9.17) is 4.74 Å². The van der Waals surface area contributed by atoms with Crippen LogP contribution in [0.4, 0.5) is 0 Å². The summed E-state index contributed by atoms with van der Waals surface area (Å²) in [6.45, 7) is 7.09. The van der Waals surface area contributed by atoms with Gasteiger partial charge in [0.1, 0.15) is 0 Å². The molecule has 1 rings (SSSR count). The van der Waals surface area contributed by atoms with Gasteiger partial charge in [0.15, 0.2) is 5.54 Å². The van der Waals surface area contributed by atoms with Crippen molar-refractivity contribution >= 4 is 17.7 Å². The van der Waals surface area contributed by atoms with Gasteiger partial charge >= 0.3 is 5.97 Å². The molecule has 1 atom stereocenters. The van der Waals surface area contributed by atoms with E-state index in [0.29, 0.717) is 18.2 Å². The van der Waals surface area contributed by atoms with Gasteiger partial charge in [-0.05, 0) is 23.8 Å². The molecule has 0 radical (unpaired) electrons. The minimum Gasteiger partial charge on any atom is -0.467 e. The molecule has 112 valence electrons. The fourth-order valence-electron chi connectivity index (χ4n) is 2.13. The van der Waals surface area contributed by atoms with Crippen molar-refractivity contribution in [2.45, 2.75) is 26.3 Å². The van der Waals surface area contributed by atoms with E-state index in [1.807, 2.05) is 37.3 Å². The number of ether oxygens (including phenoxy) is 1. The molecule has 0 fully saturated rings. The van der Waals surface area contributed by atoms with Crippen LogP contribution in [-0.2, 0) is 15.1 Å². The molecule has 1 unspecified atom stereocenters. The summed E-state index contributed by atoms with van der Waals surface area (Å²) in [6, 6.07) is 9.83. The molecular weight excluding hydrogens is 270 g/mol. The van der Waals surface area contributed by atoms with Crippen molar-refractivity contribution in [2.24, 2.45) is 5.92 Å². The molecule has 20 heavy (non-hydrogen) atoms. The zero-order chi connectivity index (χ0) is 15.0. The van der Waals surface area contributed by atoms with Crippen LogP contribution in [0.15, 0.2) is 30.3 Å². The van der Waals surface area contributed by atoms with Gasteiger partial charge < -0.3 is 4.74 Å². The Morgan fingerprint density at radius 3 is 2.50 bits per heavy atom. The van der Waals surface area contributed by atoms with E-state index >= 15 is 0 Å². The van der Waals surface area contributed by atoms with Gasteiger partial charge in [-0.15, -0.1) is 0 Å². The first-order valence-corrected chi connectivity index (χ1v) is 8.19. The van der Waals surface area contributed by atoms with Crippen LogP contribution in [-0.4, -0.2) is 31.1 Å². The predicted octanol–water partition coefficient (Wildman–Crippen LogP) is 3.05. The van der Waals surface area contributed by atoms with Crippen LogP contribution in [0, 0.1) is 5.92 Å². The molecule has 0 bridgehead atoms. The van der Waals surface area contributed by atoms with Crippen LogP contribution in [0.3, 0.4) is 0 Å². The number of rotatable bonds is 8. The second-order valence-corrected chi connectivity index (χ2v) is 6.23. The van der Waals surface area contributed by atoms with Crippen LogP contribution in [0.25, 0.3) is 0 Å². The summed E-state index contributed by atoms with van der Waals surface area (Å²) in [5.74, 6) is 2.08. The van der Waals surface area contributed by atoms with Crippen molar-refractivity contribution < 1.29 is 9.53 Å². The van der Waals surface area contributed by atoms with Gasteiger partial charge in [0.25, 0.3) is 0 Å². The summed E-state index contributed by atoms with van der Waals surface area (Å²) in [5.41, 5.74) is 0.203. The Bertz CT molecular complexity index is 408. The van der Waals surface area contributed by atoms with Crippen LogP contribution in [0.2, 0.25) is 0 Å². The normalized spacial score (nSPS) is 14.1. The number of hydrogen-bond acceptors (Lipinski definition) is 4. The highest BCUT2D eigenvalue weighted by molar-refractivity contribution is 7.99. The number of carbonyl (C=O) groups is 1. The molecule has 0 aromatic heterocycles. The van der Waals surface area contributed by atoms with Gasteiger partial charge in [0.05, 0.1) is 7.11 Å². The Kier molecular flexibility index (Phi) is 7.10. The lowest BCUT2D eigenvalue weighted by Crippen LogP contribution is -2.52. The lowest BCUT2D eigenvalue weighted by atomic mass is 9.91. The van der Waals surface area contributed by atoms with Crippen LogP contribution >= 0.6 is 11.8 Å². The number of thioether (sulfide) groups is 1. The van der Waals surface area contributed by atoms with Gasteiger partial charge in [-0.1, -0.05) is 51.1 Å². The fourth-order valence-corrected chi connectivity index (χ4v) is 3.41. The third-order valence-corrected chi connectivity index (χ3v) is 4.59. The molecule has 1 N–H and O–H groups in total. The maximum absolute atomic E-state index is 12.4. The first-order chi connectivity index (χ1) is 9.56. The zero-order valence-electron chi connectivity index (χ0n) is 12.8. The van der Waals surface area contributed by atoms with Crippen molar-refractivity contribution in [1.82, 2.24) is 5.32 Å². The van der Waals surface area contributed by atoms with Crippen LogP contribution in [0.5, 0.6) is 0 Å². The SMILES string of the molecule is CCNC(CSCC(C)C)(C(=O)OC)c1ccccc1. The number of carbonyl (C=O) groups excluding carboxylic acids is 1. The topological polar surface area (TPSA) is 38.3 Å². The van der Waals surface area contributed by atoms with Crippen molar-refractivity contribution in [1.29, 1.82) is 0 Å². The lowest BCUT2D eigenvalue weighted by molar-refractivity contribution is -0.148. The average Bonchev–Trinajstić information content (AvgIpc) is 2.46. The van der Waals surface area contributed by atoms with Crippen molar-refractivity contribution in [2.75, 3.05) is 25.2 Å². The Morgan fingerprint density at radius 1 is 1.35 bits per heavy atom. The highest BCUT2D eigenvalue weighted by Gasteiger charge is 2.40. The maximum atomic E-state index is 12.4. The summed E-state index contributed by atoms with van der Waals surface area (Å²) in [6.07, 6.45) is 0. The maximum Gasteiger partial charge on any atom is 0.331 e. The molecule has 0 spiro atoms. The number of esters is 1. The summed E-state index contributed by atoms with van der Waals surface area (Å²) >= 11 is 1.78. The second kappa shape index (κ2) is 8.32. The Morgan fingerprint density at radius 2 is 2.00 bits per heavy atom. The van der Waals surface area contributed by atoms with E-state index in [1.54, 1.807) is 11.8 Å². The third kappa shape index (κ3) is 4.25. The molecule has 0 aliphatic rings. The average molecular weight is 295 g/mol. The zero-order valence-corrected chi connectivity index (χ0v) is 13.6. The molecule has 1 aromatic carbocycles. The first-order valence-electron chi connectivity index (χ1n) is 7.03. The minimum absolute atomic E-state index is 0.221. The lowest BCUT2D eigenvalue weighted by Gasteiger charge is -2.32. The van der Waals surface area contributed by atoms with Gasteiger partial charge in [0, 0.05) is 5.75 Å². The molecule has 0 aliphatic carbocycles. The Labute approximate surface area is 126 Å². The molecule has 1 aromatic rings. The second-order valence-electron chi connectivity index (χ2n) is 5.20. The van der Waals surface area contributed by atoms with Gasteiger partial charge in [-0.25, -0.2) is 4.79 Å². The van der Waals surface area contributed by atoms with E-state index in [-0.39, 0.29) is 5.97 Å². The smallest absolute Gasteiger partial charge is 0.331 e. The van der Waals surface area contributed by atoms with Crippen molar-refractivity contribution in [3.63, 3.8) is 0 Å². The van der Waals surface area contributed by atoms with E-state index in [0.717, 1.165) is 11.3 Å². The number of hydrogen-bond donors (Lipinski definition) is 1. The number of benzene rings is 1. The van der Waals surface area contributed by atoms with Gasteiger partial charge in [0.2, 0.25) is 0 Å². The minimum atomic E-state index is -0.760. The molecule has 0 saturated carbocycles. The summed E-state index contributed by atoms with van der Waals surface area (Å²) in [4.78, 5) is 12.4. The van der Waals surface area contributed by atoms with E-state index in [9.17, 15) is 4.79 Å². The Hall–Kier alpha value is -1.00. The highest BCUT2D eigenvalue weighted by Crippen LogP contribution is 2.28. The summed E-state index contributed by atoms with van der Waals surface area (Å²) < 4.78 is 5.07. The standard InChI is InChI=1S/C16H25NO2S/c1-5-17-16(15(18)19-4,12-20-11-13(2)3)14-9-7-6-8-10-14/h6-10,13,17H,5,11-12H2,1-4H3. The number of likely N-dealkylation sites (N-methyl/N-ethyl adjacent to an activating group) is 1. The highest BCUT2D eigenvalue weighted by atomic mass is 32.2. The summed E-state index contributed by atoms with van der Waals surface area (Å²) in [5, 5.41) is 3.34. The number of nitrogens with one attached hydrogen (secondary N) is 1. The first kappa shape index (κ1) is 17.1. The third-order valence-electron chi connectivity index (χ3n) is 3.05. The molecule has 0 heterocycles. The largest absolute Gasteiger partial charge is 0.467 e. The van der Waals surface area contributed by atoms with E-state index in [1.165, 1.54) is 7.11 Å². The predicted molar refractivity (Wildman–Crippen MR) is 86.0 cm³/mol. The molecule has 0 saturated heterocycles.